The lowest BCUT2D eigenvalue weighted by Gasteiger charge is -2.34. The summed E-state index contributed by atoms with van der Waals surface area (Å²) in [6.45, 7) is 13.8. The Hall–Kier alpha value is -0.120. The van der Waals surface area contributed by atoms with Gasteiger partial charge in [0.25, 0.3) is 0 Å². The second-order valence-electron chi connectivity index (χ2n) is 6.18. The van der Waals surface area contributed by atoms with Gasteiger partial charge < -0.3 is 15.1 Å². The third-order valence-electron chi connectivity index (χ3n) is 4.67. The summed E-state index contributed by atoms with van der Waals surface area (Å²) >= 11 is 0. The average Bonchev–Trinajstić information content (AvgIpc) is 2.42. The summed E-state index contributed by atoms with van der Waals surface area (Å²) in [5.74, 6) is 0.928. The first-order valence-corrected chi connectivity index (χ1v) is 8.30. The molecule has 0 aromatic heterocycles. The van der Waals surface area contributed by atoms with Crippen molar-refractivity contribution in [1.82, 2.24) is 15.1 Å². The Bertz CT molecular complexity index is 216. The van der Waals surface area contributed by atoms with Gasteiger partial charge in [-0.1, -0.05) is 33.6 Å². The van der Waals surface area contributed by atoms with Gasteiger partial charge in [0.1, 0.15) is 0 Å². The smallest absolute Gasteiger partial charge is 0.0107 e. The van der Waals surface area contributed by atoms with Crippen molar-refractivity contribution >= 4 is 0 Å². The van der Waals surface area contributed by atoms with Crippen molar-refractivity contribution in [2.75, 3.05) is 46.3 Å². The molecule has 3 heteroatoms. The van der Waals surface area contributed by atoms with E-state index >= 15 is 0 Å². The molecule has 0 amide bonds. The molecule has 1 N–H and O–H groups in total. The zero-order valence-electron chi connectivity index (χ0n) is 13.6. The molecule has 0 saturated heterocycles. The first kappa shape index (κ1) is 16.9. The molecule has 0 aromatic rings. The molecule has 0 spiro atoms. The van der Waals surface area contributed by atoms with E-state index in [9.17, 15) is 0 Å². The summed E-state index contributed by atoms with van der Waals surface area (Å²) < 4.78 is 0. The molecule has 0 bridgehead atoms. The van der Waals surface area contributed by atoms with E-state index < -0.39 is 0 Å². The predicted octanol–water partition coefficient (Wildman–Crippen LogP) is 2.43. The van der Waals surface area contributed by atoms with Crippen LogP contribution in [0, 0.1) is 5.92 Å². The molecular weight excluding hydrogens is 234 g/mol. The fraction of sp³-hybridized carbons (Fsp3) is 1.00. The molecule has 0 radical (unpaired) electrons. The second kappa shape index (κ2) is 9.73. The normalized spacial score (nSPS) is 24.3. The van der Waals surface area contributed by atoms with E-state index in [1.165, 1.54) is 38.8 Å². The van der Waals surface area contributed by atoms with E-state index in [-0.39, 0.29) is 0 Å². The highest BCUT2D eigenvalue weighted by atomic mass is 15.2. The van der Waals surface area contributed by atoms with E-state index in [1.807, 2.05) is 0 Å². The molecule has 2 atom stereocenters. The van der Waals surface area contributed by atoms with Gasteiger partial charge in [0.05, 0.1) is 0 Å². The van der Waals surface area contributed by atoms with Crippen LogP contribution in [0.1, 0.15) is 46.5 Å². The minimum atomic E-state index is 0.827. The standard InChI is InChI=1S/C16H35N3/c1-5-19(6-2)13-11-17-10-12-18(4)16-9-7-8-15(3)14-16/h15-17H,5-14H2,1-4H3. The van der Waals surface area contributed by atoms with Crippen LogP contribution in [-0.2, 0) is 0 Å². The number of hydrogen-bond donors (Lipinski definition) is 1. The Kier molecular flexibility index (Phi) is 8.67. The lowest BCUT2D eigenvalue weighted by Crippen LogP contribution is -2.40. The van der Waals surface area contributed by atoms with Crippen LogP contribution in [0.15, 0.2) is 0 Å². The Labute approximate surface area is 120 Å². The summed E-state index contributed by atoms with van der Waals surface area (Å²) in [4.78, 5) is 5.04. The Morgan fingerprint density at radius 1 is 1.05 bits per heavy atom. The molecule has 1 aliphatic rings. The zero-order chi connectivity index (χ0) is 14.1. The van der Waals surface area contributed by atoms with Crippen molar-refractivity contribution in [3.05, 3.63) is 0 Å². The van der Waals surface area contributed by atoms with Crippen LogP contribution in [-0.4, -0.2) is 62.2 Å². The quantitative estimate of drug-likeness (QED) is 0.649. The summed E-state index contributed by atoms with van der Waals surface area (Å²) in [5.41, 5.74) is 0. The molecule has 114 valence electrons. The monoisotopic (exact) mass is 269 g/mol. The van der Waals surface area contributed by atoms with Crippen LogP contribution in [0.3, 0.4) is 0 Å². The average molecular weight is 269 g/mol. The summed E-state index contributed by atoms with van der Waals surface area (Å²) in [6, 6.07) is 0.827. The molecule has 1 fully saturated rings. The molecule has 0 heterocycles. The van der Waals surface area contributed by atoms with Gasteiger partial charge >= 0.3 is 0 Å². The summed E-state index contributed by atoms with van der Waals surface area (Å²) in [6.07, 6.45) is 5.66. The van der Waals surface area contributed by atoms with Gasteiger partial charge in [0.2, 0.25) is 0 Å². The van der Waals surface area contributed by atoms with E-state index in [2.05, 4.69) is 42.9 Å². The fourth-order valence-electron chi connectivity index (χ4n) is 3.14. The van der Waals surface area contributed by atoms with Crippen molar-refractivity contribution in [3.63, 3.8) is 0 Å². The largest absolute Gasteiger partial charge is 0.314 e. The van der Waals surface area contributed by atoms with Gasteiger partial charge in [-0.3, -0.25) is 0 Å². The van der Waals surface area contributed by atoms with Crippen molar-refractivity contribution in [1.29, 1.82) is 0 Å². The van der Waals surface area contributed by atoms with E-state index in [1.54, 1.807) is 0 Å². The van der Waals surface area contributed by atoms with Crippen LogP contribution < -0.4 is 5.32 Å². The van der Waals surface area contributed by atoms with Gasteiger partial charge in [0, 0.05) is 32.2 Å². The number of rotatable bonds is 9. The minimum absolute atomic E-state index is 0.827. The van der Waals surface area contributed by atoms with Crippen molar-refractivity contribution in [2.45, 2.75) is 52.5 Å². The summed E-state index contributed by atoms with van der Waals surface area (Å²) in [5, 5.41) is 3.58. The van der Waals surface area contributed by atoms with Gasteiger partial charge in [-0.05, 0) is 38.9 Å². The van der Waals surface area contributed by atoms with Crippen molar-refractivity contribution < 1.29 is 0 Å². The number of likely N-dealkylation sites (N-methyl/N-ethyl adjacent to an activating group) is 2. The molecule has 19 heavy (non-hydrogen) atoms. The SMILES string of the molecule is CCN(CC)CCNCCN(C)C1CCCC(C)C1. The molecule has 0 aromatic carbocycles. The van der Waals surface area contributed by atoms with E-state index in [4.69, 9.17) is 0 Å². The molecule has 2 unspecified atom stereocenters. The highest BCUT2D eigenvalue weighted by Gasteiger charge is 2.21. The highest BCUT2D eigenvalue weighted by molar-refractivity contribution is 4.77. The van der Waals surface area contributed by atoms with Crippen molar-refractivity contribution in [2.24, 2.45) is 5.92 Å². The maximum Gasteiger partial charge on any atom is 0.0107 e. The number of nitrogens with one attached hydrogen (secondary N) is 1. The molecule has 0 aliphatic heterocycles. The summed E-state index contributed by atoms with van der Waals surface area (Å²) in [7, 11) is 2.30. The van der Waals surface area contributed by atoms with Crippen molar-refractivity contribution in [3.8, 4) is 0 Å². The van der Waals surface area contributed by atoms with Crippen LogP contribution >= 0.6 is 0 Å². The van der Waals surface area contributed by atoms with Gasteiger partial charge in [-0.2, -0.15) is 0 Å². The third-order valence-corrected chi connectivity index (χ3v) is 4.67. The maximum atomic E-state index is 3.58. The Balaban J connectivity index is 2.05. The second-order valence-corrected chi connectivity index (χ2v) is 6.18. The predicted molar refractivity (Wildman–Crippen MR) is 84.7 cm³/mol. The lowest BCUT2D eigenvalue weighted by molar-refractivity contribution is 0.164. The molecule has 3 nitrogen and oxygen atoms in total. The number of hydrogen-bond acceptors (Lipinski definition) is 3. The molecule has 1 saturated carbocycles. The maximum absolute atomic E-state index is 3.58. The minimum Gasteiger partial charge on any atom is -0.314 e. The Morgan fingerprint density at radius 2 is 1.74 bits per heavy atom. The van der Waals surface area contributed by atoms with Crippen LogP contribution in [0.2, 0.25) is 0 Å². The Morgan fingerprint density at radius 3 is 2.37 bits per heavy atom. The van der Waals surface area contributed by atoms with E-state index in [0.29, 0.717) is 0 Å². The first-order valence-electron chi connectivity index (χ1n) is 8.30. The van der Waals surface area contributed by atoms with Gasteiger partial charge in [0.15, 0.2) is 0 Å². The number of nitrogens with zero attached hydrogens (tertiary/aromatic N) is 2. The first-order chi connectivity index (χ1) is 9.17. The third kappa shape index (κ3) is 6.73. The highest BCUT2D eigenvalue weighted by Crippen LogP contribution is 2.26. The van der Waals surface area contributed by atoms with Gasteiger partial charge in [-0.15, -0.1) is 0 Å². The van der Waals surface area contributed by atoms with Crippen LogP contribution in [0.5, 0.6) is 0 Å². The van der Waals surface area contributed by atoms with Crippen LogP contribution in [0.25, 0.3) is 0 Å². The fourth-order valence-corrected chi connectivity index (χ4v) is 3.14. The topological polar surface area (TPSA) is 18.5 Å². The molecule has 1 rings (SSSR count). The van der Waals surface area contributed by atoms with E-state index in [0.717, 1.165) is 38.1 Å². The zero-order valence-corrected chi connectivity index (χ0v) is 13.6. The van der Waals surface area contributed by atoms with Gasteiger partial charge in [-0.25, -0.2) is 0 Å². The molecule has 1 aliphatic carbocycles. The molecular formula is C16H35N3. The van der Waals surface area contributed by atoms with Crippen LogP contribution in [0.4, 0.5) is 0 Å². The lowest BCUT2D eigenvalue weighted by atomic mass is 9.86.